The summed E-state index contributed by atoms with van der Waals surface area (Å²) in [5.41, 5.74) is 2.42. The number of hydrogen-bond donors (Lipinski definition) is 0. The highest BCUT2D eigenvalue weighted by atomic mass is 16.7. The molecular formula is C29H48O3. The molecule has 3 nitrogen and oxygen atoms in total. The van der Waals surface area contributed by atoms with E-state index in [2.05, 4.69) is 40.7 Å². The SMILES string of the molecule is COC(=O)O[C@H]1CC[C@@]2(C)C(=CC[C@@H]3[C@H]4CC[C@@H]([C@H](C)CCCC(C)C)[C@@]4(C)CC[C@H]32)C1. The van der Waals surface area contributed by atoms with Gasteiger partial charge < -0.3 is 9.47 Å². The molecule has 3 fully saturated rings. The predicted octanol–water partition coefficient (Wildman–Crippen LogP) is 8.18. The minimum atomic E-state index is -0.527. The third-order valence-electron chi connectivity index (χ3n) is 10.7. The molecule has 0 saturated heterocycles. The lowest BCUT2D eigenvalue weighted by Gasteiger charge is -2.58. The molecule has 0 amide bonds. The van der Waals surface area contributed by atoms with Gasteiger partial charge in [0.25, 0.3) is 0 Å². The van der Waals surface area contributed by atoms with Gasteiger partial charge in [0.15, 0.2) is 0 Å². The minimum absolute atomic E-state index is 0.00488. The first-order valence-electron chi connectivity index (χ1n) is 13.6. The molecule has 32 heavy (non-hydrogen) atoms. The van der Waals surface area contributed by atoms with E-state index in [0.29, 0.717) is 10.8 Å². The molecule has 0 aliphatic heterocycles. The van der Waals surface area contributed by atoms with E-state index in [0.717, 1.165) is 54.8 Å². The molecule has 0 aromatic carbocycles. The first kappa shape index (κ1) is 24.1. The molecule has 3 heteroatoms. The van der Waals surface area contributed by atoms with E-state index in [9.17, 15) is 4.79 Å². The van der Waals surface area contributed by atoms with Crippen LogP contribution in [0.1, 0.15) is 105 Å². The van der Waals surface area contributed by atoms with Crippen molar-refractivity contribution < 1.29 is 14.3 Å². The number of fused-ring (bicyclic) bond motifs is 5. The van der Waals surface area contributed by atoms with Crippen molar-refractivity contribution in [1.29, 1.82) is 0 Å². The largest absolute Gasteiger partial charge is 0.508 e. The van der Waals surface area contributed by atoms with Crippen LogP contribution in [0.5, 0.6) is 0 Å². The van der Waals surface area contributed by atoms with Gasteiger partial charge in [0.05, 0.1) is 7.11 Å². The van der Waals surface area contributed by atoms with Gasteiger partial charge in [-0.05, 0) is 91.3 Å². The topological polar surface area (TPSA) is 35.5 Å². The van der Waals surface area contributed by atoms with Gasteiger partial charge in [0, 0.05) is 6.42 Å². The summed E-state index contributed by atoms with van der Waals surface area (Å²) in [4.78, 5) is 11.6. The molecule has 4 aliphatic rings. The smallest absolute Gasteiger partial charge is 0.438 e. The van der Waals surface area contributed by atoms with Crippen molar-refractivity contribution in [1.82, 2.24) is 0 Å². The minimum Gasteiger partial charge on any atom is -0.438 e. The average molecular weight is 445 g/mol. The van der Waals surface area contributed by atoms with Gasteiger partial charge >= 0.3 is 6.16 Å². The van der Waals surface area contributed by atoms with Crippen molar-refractivity contribution in [3.05, 3.63) is 11.6 Å². The van der Waals surface area contributed by atoms with Crippen LogP contribution >= 0.6 is 0 Å². The van der Waals surface area contributed by atoms with Gasteiger partial charge in [-0.25, -0.2) is 4.79 Å². The van der Waals surface area contributed by atoms with Gasteiger partial charge in [-0.15, -0.1) is 0 Å². The molecule has 0 spiro atoms. The van der Waals surface area contributed by atoms with Crippen molar-refractivity contribution in [2.45, 2.75) is 111 Å². The first-order valence-corrected chi connectivity index (χ1v) is 13.6. The maximum Gasteiger partial charge on any atom is 0.508 e. The van der Waals surface area contributed by atoms with Crippen molar-refractivity contribution in [3.8, 4) is 0 Å². The average Bonchev–Trinajstić information content (AvgIpc) is 3.11. The Labute approximate surface area is 197 Å². The zero-order chi connectivity index (χ0) is 23.1. The molecule has 0 aromatic heterocycles. The lowest BCUT2D eigenvalue weighted by atomic mass is 9.47. The van der Waals surface area contributed by atoms with Gasteiger partial charge in [0.2, 0.25) is 0 Å². The van der Waals surface area contributed by atoms with E-state index in [1.807, 2.05) is 0 Å². The quantitative estimate of drug-likeness (QED) is 0.306. The summed E-state index contributed by atoms with van der Waals surface area (Å²) in [5, 5.41) is 0. The monoisotopic (exact) mass is 444 g/mol. The zero-order valence-corrected chi connectivity index (χ0v) is 21.6. The summed E-state index contributed by atoms with van der Waals surface area (Å²) >= 11 is 0. The van der Waals surface area contributed by atoms with Crippen molar-refractivity contribution in [3.63, 3.8) is 0 Å². The summed E-state index contributed by atoms with van der Waals surface area (Å²) in [6, 6.07) is 0. The molecule has 0 radical (unpaired) electrons. The van der Waals surface area contributed by atoms with Crippen LogP contribution < -0.4 is 0 Å². The molecule has 182 valence electrons. The highest BCUT2D eigenvalue weighted by Crippen LogP contribution is 2.67. The molecule has 3 saturated carbocycles. The molecule has 4 aliphatic carbocycles. The van der Waals surface area contributed by atoms with Crippen LogP contribution in [0.2, 0.25) is 0 Å². The molecule has 0 N–H and O–H groups in total. The molecular weight excluding hydrogens is 396 g/mol. The fraction of sp³-hybridized carbons (Fsp3) is 0.897. The Balaban J connectivity index is 1.45. The molecule has 4 rings (SSSR count). The van der Waals surface area contributed by atoms with E-state index in [-0.39, 0.29) is 6.10 Å². The van der Waals surface area contributed by atoms with Gasteiger partial charge in [0.1, 0.15) is 6.10 Å². The Morgan fingerprint density at radius 3 is 2.56 bits per heavy atom. The number of ether oxygens (including phenoxy) is 2. The molecule has 0 unspecified atom stereocenters. The highest BCUT2D eigenvalue weighted by molar-refractivity contribution is 5.59. The molecule has 0 heterocycles. The zero-order valence-electron chi connectivity index (χ0n) is 21.6. The Hall–Kier alpha value is -0.990. The summed E-state index contributed by atoms with van der Waals surface area (Å²) < 4.78 is 10.3. The third kappa shape index (κ3) is 4.27. The van der Waals surface area contributed by atoms with E-state index < -0.39 is 6.16 Å². The maximum absolute atomic E-state index is 11.6. The van der Waals surface area contributed by atoms with Crippen LogP contribution in [0.25, 0.3) is 0 Å². The fourth-order valence-corrected chi connectivity index (χ4v) is 8.94. The standard InChI is InChI=1S/C29H48O3/c1-19(2)8-7-9-20(3)24-12-13-25-23-11-10-21-18-22(32-27(30)31-6)14-16-28(21,4)26(23)15-17-29(24,25)5/h10,19-20,22-26H,7-9,11-18H2,1-6H3/t20-,22+,23-,24+,25-,26-,28+,29-/m1/s1. The lowest BCUT2D eigenvalue weighted by molar-refractivity contribution is -0.0608. The Bertz CT molecular complexity index is 711. The van der Waals surface area contributed by atoms with E-state index in [1.165, 1.54) is 58.5 Å². The van der Waals surface area contributed by atoms with Gasteiger partial charge in [-0.2, -0.15) is 0 Å². The van der Waals surface area contributed by atoms with Crippen LogP contribution in [0.4, 0.5) is 4.79 Å². The highest BCUT2D eigenvalue weighted by Gasteiger charge is 2.59. The fourth-order valence-electron chi connectivity index (χ4n) is 8.94. The lowest BCUT2D eigenvalue weighted by Crippen LogP contribution is -2.51. The summed E-state index contributed by atoms with van der Waals surface area (Å²) in [6.45, 7) is 12.5. The second-order valence-electron chi connectivity index (χ2n) is 12.7. The van der Waals surface area contributed by atoms with Crippen LogP contribution in [0.15, 0.2) is 11.6 Å². The van der Waals surface area contributed by atoms with Gasteiger partial charge in [-0.1, -0.05) is 65.5 Å². The Morgan fingerprint density at radius 1 is 1.06 bits per heavy atom. The van der Waals surface area contributed by atoms with E-state index in [4.69, 9.17) is 9.47 Å². The predicted molar refractivity (Wildman–Crippen MR) is 130 cm³/mol. The summed E-state index contributed by atoms with van der Waals surface area (Å²) in [7, 11) is 1.40. The number of carbonyl (C=O) groups is 1. The second-order valence-corrected chi connectivity index (χ2v) is 12.7. The van der Waals surface area contributed by atoms with Crippen LogP contribution in [-0.2, 0) is 9.47 Å². The maximum atomic E-state index is 11.6. The molecule has 8 atom stereocenters. The van der Waals surface area contributed by atoms with E-state index in [1.54, 1.807) is 5.57 Å². The first-order chi connectivity index (χ1) is 15.2. The Morgan fingerprint density at radius 2 is 1.84 bits per heavy atom. The number of allylic oxidation sites excluding steroid dienone is 1. The molecule has 0 bridgehead atoms. The third-order valence-corrected chi connectivity index (χ3v) is 10.7. The van der Waals surface area contributed by atoms with Crippen LogP contribution in [0, 0.1) is 46.3 Å². The normalized spacial score (nSPS) is 41.8. The van der Waals surface area contributed by atoms with Crippen molar-refractivity contribution >= 4 is 6.16 Å². The second kappa shape index (κ2) is 9.34. The van der Waals surface area contributed by atoms with Gasteiger partial charge in [-0.3, -0.25) is 0 Å². The van der Waals surface area contributed by atoms with Crippen LogP contribution in [-0.4, -0.2) is 19.4 Å². The number of hydrogen-bond acceptors (Lipinski definition) is 3. The van der Waals surface area contributed by atoms with E-state index >= 15 is 0 Å². The summed E-state index contributed by atoms with van der Waals surface area (Å²) in [5.74, 6) is 5.20. The number of rotatable bonds is 6. The van der Waals surface area contributed by atoms with Crippen molar-refractivity contribution in [2.75, 3.05) is 7.11 Å². The van der Waals surface area contributed by atoms with Crippen molar-refractivity contribution in [2.24, 2.45) is 46.3 Å². The Kier molecular flexibility index (Phi) is 7.04. The number of methoxy groups -OCH3 is 1. The number of carbonyl (C=O) groups excluding carboxylic acids is 1. The summed E-state index contributed by atoms with van der Waals surface area (Å²) in [6.07, 6.45) is 16.2. The van der Waals surface area contributed by atoms with Crippen LogP contribution in [0.3, 0.4) is 0 Å². The molecule has 0 aromatic rings.